The number of hydrogen-bond donors (Lipinski definition) is 1. The van der Waals surface area contributed by atoms with Crippen molar-refractivity contribution in [2.24, 2.45) is 5.73 Å². The average molecular weight is 228 g/mol. The Morgan fingerprint density at radius 2 is 2.20 bits per heavy atom. The maximum atomic E-state index is 11.3. The van der Waals surface area contributed by atoms with Crippen molar-refractivity contribution in [2.75, 3.05) is 6.26 Å². The molecular weight excluding hydrogens is 212 g/mol. The smallest absolute Gasteiger partial charge is 0.192 e. The quantitative estimate of drug-likeness (QED) is 0.842. The lowest BCUT2D eigenvalue weighted by atomic mass is 10.1. The van der Waals surface area contributed by atoms with Crippen LogP contribution in [0.15, 0.2) is 23.4 Å². The van der Waals surface area contributed by atoms with Gasteiger partial charge in [-0.15, -0.1) is 0 Å². The van der Waals surface area contributed by atoms with Crippen LogP contribution in [-0.4, -0.2) is 19.7 Å². The molecule has 0 aliphatic rings. The van der Waals surface area contributed by atoms with E-state index >= 15 is 0 Å². The predicted octanol–water partition coefficient (Wildman–Crippen LogP) is 1.29. The minimum absolute atomic E-state index is 0.0894. The molecule has 0 amide bonds. The average Bonchev–Trinajstić information content (AvgIpc) is 2.17. The first-order valence-corrected chi connectivity index (χ1v) is 6.76. The first-order chi connectivity index (χ1) is 6.95. The van der Waals surface area contributed by atoms with Gasteiger partial charge in [-0.05, 0) is 24.1 Å². The molecule has 4 nitrogen and oxygen atoms in total. The second kappa shape index (κ2) is 4.72. The zero-order chi connectivity index (χ0) is 11.5. The fraction of sp³-hybridized carbons (Fsp3) is 0.500. The van der Waals surface area contributed by atoms with Gasteiger partial charge in [-0.25, -0.2) is 13.4 Å². The number of sulfone groups is 1. The van der Waals surface area contributed by atoms with Crippen molar-refractivity contribution in [2.45, 2.75) is 30.8 Å². The Hall–Kier alpha value is -0.940. The molecule has 0 saturated carbocycles. The molecule has 1 rings (SSSR count). The van der Waals surface area contributed by atoms with Gasteiger partial charge in [0.1, 0.15) is 0 Å². The van der Waals surface area contributed by atoms with E-state index in [1.54, 1.807) is 12.1 Å². The number of hydrogen-bond acceptors (Lipinski definition) is 4. The first kappa shape index (κ1) is 12.1. The molecule has 0 aliphatic heterocycles. The molecule has 0 spiro atoms. The van der Waals surface area contributed by atoms with Gasteiger partial charge in [-0.2, -0.15) is 0 Å². The first-order valence-electron chi connectivity index (χ1n) is 4.86. The van der Waals surface area contributed by atoms with E-state index in [0.29, 0.717) is 0 Å². The van der Waals surface area contributed by atoms with Crippen molar-refractivity contribution in [3.8, 4) is 0 Å². The van der Waals surface area contributed by atoms with Crippen LogP contribution in [-0.2, 0) is 9.84 Å². The molecule has 15 heavy (non-hydrogen) atoms. The van der Waals surface area contributed by atoms with E-state index < -0.39 is 9.84 Å². The summed E-state index contributed by atoms with van der Waals surface area (Å²) < 4.78 is 22.5. The Morgan fingerprint density at radius 3 is 2.73 bits per heavy atom. The Morgan fingerprint density at radius 1 is 1.53 bits per heavy atom. The predicted molar refractivity (Wildman–Crippen MR) is 59.2 cm³/mol. The van der Waals surface area contributed by atoms with Crippen molar-refractivity contribution < 1.29 is 8.42 Å². The zero-order valence-electron chi connectivity index (χ0n) is 8.97. The number of nitrogens with zero attached hydrogens (tertiary/aromatic N) is 1. The summed E-state index contributed by atoms with van der Waals surface area (Å²) in [6.45, 7) is 2.04. The highest BCUT2D eigenvalue weighted by molar-refractivity contribution is 7.90. The summed E-state index contributed by atoms with van der Waals surface area (Å²) >= 11 is 0. The minimum Gasteiger partial charge on any atom is -0.324 e. The van der Waals surface area contributed by atoms with Crippen LogP contribution < -0.4 is 5.73 Å². The molecule has 84 valence electrons. The molecule has 0 saturated heterocycles. The third-order valence-electron chi connectivity index (χ3n) is 2.17. The van der Waals surface area contributed by atoms with Gasteiger partial charge >= 0.3 is 0 Å². The normalized spacial score (nSPS) is 13.8. The highest BCUT2D eigenvalue weighted by Gasteiger charge is 2.12. The monoisotopic (exact) mass is 228 g/mol. The molecule has 1 aromatic rings. The Bertz CT molecular complexity index is 429. The lowest BCUT2D eigenvalue weighted by Crippen LogP contribution is -2.11. The van der Waals surface area contributed by atoms with Gasteiger partial charge in [0, 0.05) is 18.5 Å². The molecule has 0 aliphatic carbocycles. The van der Waals surface area contributed by atoms with E-state index in [0.717, 1.165) is 24.7 Å². The van der Waals surface area contributed by atoms with Crippen molar-refractivity contribution in [1.82, 2.24) is 4.98 Å². The Kier molecular flexibility index (Phi) is 3.82. The molecule has 0 radical (unpaired) electrons. The summed E-state index contributed by atoms with van der Waals surface area (Å²) in [7, 11) is -3.24. The van der Waals surface area contributed by atoms with Crippen molar-refractivity contribution in [3.05, 3.63) is 23.9 Å². The van der Waals surface area contributed by atoms with E-state index in [9.17, 15) is 8.42 Å². The van der Waals surface area contributed by atoms with Gasteiger partial charge in [-0.3, -0.25) is 0 Å². The van der Waals surface area contributed by atoms with Crippen LogP contribution in [0.3, 0.4) is 0 Å². The lowest BCUT2D eigenvalue weighted by molar-refractivity contribution is 0.596. The summed E-state index contributed by atoms with van der Waals surface area (Å²) in [6.07, 6.45) is 4.44. The summed E-state index contributed by atoms with van der Waals surface area (Å²) in [6, 6.07) is 3.20. The second-order valence-electron chi connectivity index (χ2n) is 3.59. The SMILES string of the molecule is CCCC(N)c1ccnc(S(C)(=O)=O)c1. The molecule has 2 N–H and O–H groups in total. The number of aromatic nitrogens is 1. The van der Waals surface area contributed by atoms with Crippen LogP contribution in [0.25, 0.3) is 0 Å². The molecular formula is C10H16N2O2S. The maximum absolute atomic E-state index is 11.3. The molecule has 0 bridgehead atoms. The van der Waals surface area contributed by atoms with Crippen molar-refractivity contribution in [3.63, 3.8) is 0 Å². The van der Waals surface area contributed by atoms with Gasteiger partial charge in [0.2, 0.25) is 0 Å². The molecule has 5 heteroatoms. The Balaban J connectivity index is 3.03. The van der Waals surface area contributed by atoms with Gasteiger partial charge in [-0.1, -0.05) is 13.3 Å². The highest BCUT2D eigenvalue weighted by atomic mass is 32.2. The van der Waals surface area contributed by atoms with Crippen LogP contribution >= 0.6 is 0 Å². The Labute approximate surface area is 90.4 Å². The number of rotatable bonds is 4. The summed E-state index contributed by atoms with van der Waals surface area (Å²) in [5, 5.41) is 0.0894. The van der Waals surface area contributed by atoms with E-state index in [1.807, 2.05) is 6.92 Å². The van der Waals surface area contributed by atoms with Gasteiger partial charge in [0.25, 0.3) is 0 Å². The maximum Gasteiger partial charge on any atom is 0.192 e. The van der Waals surface area contributed by atoms with Gasteiger partial charge in [0.15, 0.2) is 14.9 Å². The van der Waals surface area contributed by atoms with Crippen molar-refractivity contribution >= 4 is 9.84 Å². The summed E-state index contributed by atoms with van der Waals surface area (Å²) in [4.78, 5) is 3.81. The molecule has 1 atom stereocenters. The fourth-order valence-electron chi connectivity index (χ4n) is 1.34. The minimum atomic E-state index is -3.24. The largest absolute Gasteiger partial charge is 0.324 e. The standard InChI is InChI=1S/C10H16N2O2S/c1-3-4-9(11)8-5-6-12-10(7-8)15(2,13)14/h5-7,9H,3-4,11H2,1-2H3. The molecule has 0 fully saturated rings. The number of nitrogens with two attached hydrogens (primary N) is 1. The van der Waals surface area contributed by atoms with Gasteiger partial charge in [0.05, 0.1) is 0 Å². The zero-order valence-corrected chi connectivity index (χ0v) is 9.79. The van der Waals surface area contributed by atoms with E-state index in [4.69, 9.17) is 5.73 Å². The number of pyridine rings is 1. The highest BCUT2D eigenvalue weighted by Crippen LogP contribution is 2.17. The van der Waals surface area contributed by atoms with Crippen LogP contribution in [0.4, 0.5) is 0 Å². The molecule has 1 aromatic heterocycles. The third kappa shape index (κ3) is 3.28. The lowest BCUT2D eigenvalue weighted by Gasteiger charge is -2.10. The second-order valence-corrected chi connectivity index (χ2v) is 5.56. The molecule has 0 aromatic carbocycles. The van der Waals surface area contributed by atoms with Crippen LogP contribution in [0.1, 0.15) is 31.4 Å². The van der Waals surface area contributed by atoms with Crippen LogP contribution in [0.5, 0.6) is 0 Å². The third-order valence-corrected chi connectivity index (χ3v) is 3.15. The van der Waals surface area contributed by atoms with E-state index in [1.165, 1.54) is 6.20 Å². The topological polar surface area (TPSA) is 73.0 Å². The molecule has 1 heterocycles. The fourth-order valence-corrected chi connectivity index (χ4v) is 1.94. The molecule has 1 unspecified atom stereocenters. The van der Waals surface area contributed by atoms with Crippen LogP contribution in [0, 0.1) is 0 Å². The van der Waals surface area contributed by atoms with Crippen molar-refractivity contribution in [1.29, 1.82) is 0 Å². The summed E-state index contributed by atoms with van der Waals surface area (Å²) in [5.74, 6) is 0. The van der Waals surface area contributed by atoms with E-state index in [2.05, 4.69) is 4.98 Å². The van der Waals surface area contributed by atoms with E-state index in [-0.39, 0.29) is 11.1 Å². The van der Waals surface area contributed by atoms with Gasteiger partial charge < -0.3 is 5.73 Å². The summed E-state index contributed by atoms with van der Waals surface area (Å²) in [5.41, 5.74) is 6.72. The van der Waals surface area contributed by atoms with Crippen LogP contribution in [0.2, 0.25) is 0 Å².